The molecule has 0 aliphatic rings. The first kappa shape index (κ1) is 21.9. The van der Waals surface area contributed by atoms with Gasteiger partial charge in [0.25, 0.3) is 0 Å². The number of benzene rings is 1. The van der Waals surface area contributed by atoms with E-state index in [-0.39, 0.29) is 29.4 Å². The lowest BCUT2D eigenvalue weighted by Crippen LogP contribution is -2.46. The van der Waals surface area contributed by atoms with Gasteiger partial charge in [0.2, 0.25) is 0 Å². The fraction of sp³-hybridized carbons (Fsp3) is 0.571. The van der Waals surface area contributed by atoms with Crippen molar-refractivity contribution >= 4 is 17.7 Å². The molecule has 1 aromatic carbocycles. The number of nitrogens with one attached hydrogen (secondary N) is 1. The number of ketones is 2. The quantitative estimate of drug-likeness (QED) is 0.739. The van der Waals surface area contributed by atoms with Crippen LogP contribution in [0.4, 0.5) is 4.79 Å². The van der Waals surface area contributed by atoms with Crippen LogP contribution in [0.5, 0.6) is 0 Å². The molecular weight excluding hydrogens is 330 g/mol. The molecule has 0 aliphatic carbocycles. The highest BCUT2D eigenvalue weighted by atomic mass is 16.6. The van der Waals surface area contributed by atoms with Gasteiger partial charge in [0.15, 0.2) is 11.6 Å². The summed E-state index contributed by atoms with van der Waals surface area (Å²) in [6.07, 6.45) is 0.213. The van der Waals surface area contributed by atoms with Gasteiger partial charge in [0, 0.05) is 23.6 Å². The number of rotatable bonds is 6. The summed E-state index contributed by atoms with van der Waals surface area (Å²) in [5.74, 6) is -0.232. The Labute approximate surface area is 156 Å². The first-order valence-corrected chi connectivity index (χ1v) is 8.94. The van der Waals surface area contributed by atoms with Crippen LogP contribution < -0.4 is 5.32 Å². The van der Waals surface area contributed by atoms with E-state index in [0.717, 1.165) is 0 Å². The van der Waals surface area contributed by atoms with Gasteiger partial charge in [-0.3, -0.25) is 9.59 Å². The highest BCUT2D eigenvalue weighted by molar-refractivity contribution is 6.08. The van der Waals surface area contributed by atoms with E-state index in [0.29, 0.717) is 17.5 Å². The number of hydrogen-bond donors (Lipinski definition) is 1. The SMILES string of the molecule is CC(=O)c1ccccc1C(=O)CC[C@@H](NC(=O)OC(C)(C)C)C(C)(C)C. The standard InChI is InChI=1S/C21H31NO4/c1-14(23)15-10-8-9-11-16(15)17(24)12-13-18(20(2,3)4)22-19(25)26-21(5,6)7/h8-11,18H,12-13H2,1-7H3,(H,22,25)/t18-/m1/s1. The summed E-state index contributed by atoms with van der Waals surface area (Å²) in [6, 6.07) is 6.60. The third-order valence-corrected chi connectivity index (χ3v) is 4.00. The zero-order chi connectivity index (χ0) is 20.1. The molecule has 0 bridgehead atoms. The lowest BCUT2D eigenvalue weighted by atomic mass is 9.83. The van der Waals surface area contributed by atoms with E-state index in [2.05, 4.69) is 5.32 Å². The molecule has 0 saturated carbocycles. The number of carbonyl (C=O) groups excluding carboxylic acids is 3. The molecule has 1 amide bonds. The number of Topliss-reactive ketones (excluding diaryl/α,β-unsaturated/α-hetero) is 2. The summed E-state index contributed by atoms with van der Waals surface area (Å²) in [5, 5.41) is 2.88. The molecule has 1 aromatic rings. The summed E-state index contributed by atoms with van der Waals surface area (Å²) in [5.41, 5.74) is 0.0508. The fourth-order valence-electron chi connectivity index (χ4n) is 2.61. The molecule has 0 aliphatic heterocycles. The van der Waals surface area contributed by atoms with Gasteiger partial charge >= 0.3 is 6.09 Å². The molecule has 144 valence electrons. The predicted molar refractivity (Wildman–Crippen MR) is 103 cm³/mol. The monoisotopic (exact) mass is 361 g/mol. The van der Waals surface area contributed by atoms with Crippen LogP contribution >= 0.6 is 0 Å². The van der Waals surface area contributed by atoms with Crippen LogP contribution in [0.1, 0.15) is 82.0 Å². The van der Waals surface area contributed by atoms with Gasteiger partial charge in [-0.2, -0.15) is 0 Å². The molecule has 0 fully saturated rings. The summed E-state index contributed by atoms with van der Waals surface area (Å²) < 4.78 is 5.33. The number of carbonyl (C=O) groups is 3. The molecule has 1 N–H and O–H groups in total. The van der Waals surface area contributed by atoms with Crippen molar-refractivity contribution in [1.82, 2.24) is 5.32 Å². The van der Waals surface area contributed by atoms with E-state index < -0.39 is 11.7 Å². The van der Waals surface area contributed by atoms with E-state index in [1.807, 2.05) is 20.8 Å². The minimum Gasteiger partial charge on any atom is -0.444 e. The van der Waals surface area contributed by atoms with Crippen molar-refractivity contribution in [2.75, 3.05) is 0 Å². The van der Waals surface area contributed by atoms with Gasteiger partial charge in [-0.05, 0) is 39.5 Å². The Bertz CT molecular complexity index is 665. The number of alkyl carbamates (subject to hydrolysis) is 1. The van der Waals surface area contributed by atoms with E-state index in [4.69, 9.17) is 4.74 Å². The van der Waals surface area contributed by atoms with Gasteiger partial charge in [-0.15, -0.1) is 0 Å². The zero-order valence-corrected chi connectivity index (χ0v) is 16.9. The van der Waals surface area contributed by atoms with Crippen LogP contribution in [0.15, 0.2) is 24.3 Å². The van der Waals surface area contributed by atoms with E-state index in [1.54, 1.807) is 45.0 Å². The minimum atomic E-state index is -0.581. The molecule has 0 aromatic heterocycles. The average molecular weight is 361 g/mol. The molecular formula is C21H31NO4. The Morgan fingerprint density at radius 3 is 2.00 bits per heavy atom. The van der Waals surface area contributed by atoms with Crippen LogP contribution in [0.25, 0.3) is 0 Å². The van der Waals surface area contributed by atoms with Crippen LogP contribution in [0.2, 0.25) is 0 Å². The molecule has 0 radical (unpaired) electrons. The molecule has 1 atom stereocenters. The Kier molecular flexibility index (Phi) is 7.13. The molecule has 0 spiro atoms. The van der Waals surface area contributed by atoms with Gasteiger partial charge in [0.05, 0.1) is 0 Å². The van der Waals surface area contributed by atoms with Crippen LogP contribution in [-0.2, 0) is 4.74 Å². The second-order valence-corrected chi connectivity index (χ2v) is 8.63. The van der Waals surface area contributed by atoms with Gasteiger partial charge < -0.3 is 10.1 Å². The third-order valence-electron chi connectivity index (χ3n) is 4.00. The highest BCUT2D eigenvalue weighted by Gasteiger charge is 2.29. The van der Waals surface area contributed by atoms with Gasteiger partial charge in [-0.25, -0.2) is 4.79 Å². The molecule has 26 heavy (non-hydrogen) atoms. The van der Waals surface area contributed by atoms with E-state index in [9.17, 15) is 14.4 Å². The lowest BCUT2D eigenvalue weighted by molar-refractivity contribution is 0.0455. The second kappa shape index (κ2) is 8.47. The minimum absolute atomic E-state index is 0.101. The fourth-order valence-corrected chi connectivity index (χ4v) is 2.61. The maximum Gasteiger partial charge on any atom is 0.407 e. The highest BCUT2D eigenvalue weighted by Crippen LogP contribution is 2.25. The maximum atomic E-state index is 12.6. The second-order valence-electron chi connectivity index (χ2n) is 8.63. The first-order valence-electron chi connectivity index (χ1n) is 8.94. The molecule has 1 rings (SSSR count). The summed E-state index contributed by atoms with van der Waals surface area (Å²) >= 11 is 0. The van der Waals surface area contributed by atoms with E-state index >= 15 is 0 Å². The number of hydrogen-bond acceptors (Lipinski definition) is 4. The third kappa shape index (κ3) is 6.98. The number of ether oxygens (including phenoxy) is 1. The van der Waals surface area contributed by atoms with Crippen LogP contribution in [0, 0.1) is 5.41 Å². The van der Waals surface area contributed by atoms with Crippen molar-refractivity contribution in [2.45, 2.75) is 73.0 Å². The summed E-state index contributed by atoms with van der Waals surface area (Å²) in [4.78, 5) is 36.5. The van der Waals surface area contributed by atoms with Crippen molar-refractivity contribution in [3.8, 4) is 0 Å². The van der Waals surface area contributed by atoms with Crippen molar-refractivity contribution in [2.24, 2.45) is 5.41 Å². The predicted octanol–water partition coefficient (Wildman–Crippen LogP) is 4.79. The molecule has 5 nitrogen and oxygen atoms in total. The topological polar surface area (TPSA) is 72.5 Å². The molecule has 0 saturated heterocycles. The molecule has 5 heteroatoms. The Hall–Kier alpha value is -2.17. The maximum absolute atomic E-state index is 12.6. The Morgan fingerprint density at radius 1 is 1.00 bits per heavy atom. The summed E-state index contributed by atoms with van der Waals surface area (Å²) in [7, 11) is 0. The normalized spacial score (nSPS) is 13.0. The largest absolute Gasteiger partial charge is 0.444 e. The smallest absolute Gasteiger partial charge is 0.407 e. The lowest BCUT2D eigenvalue weighted by Gasteiger charge is -2.32. The van der Waals surface area contributed by atoms with Crippen molar-refractivity contribution in [3.05, 3.63) is 35.4 Å². The van der Waals surface area contributed by atoms with Crippen molar-refractivity contribution in [1.29, 1.82) is 0 Å². The summed E-state index contributed by atoms with van der Waals surface area (Å²) in [6.45, 7) is 12.9. The molecule has 0 unspecified atom stereocenters. The van der Waals surface area contributed by atoms with Gasteiger partial charge in [0.1, 0.15) is 5.60 Å². The number of amides is 1. The average Bonchev–Trinajstić information content (AvgIpc) is 2.48. The van der Waals surface area contributed by atoms with Crippen molar-refractivity contribution in [3.63, 3.8) is 0 Å². The zero-order valence-electron chi connectivity index (χ0n) is 16.9. The first-order chi connectivity index (χ1) is 11.8. The van der Waals surface area contributed by atoms with E-state index in [1.165, 1.54) is 6.92 Å². The van der Waals surface area contributed by atoms with Crippen LogP contribution in [0.3, 0.4) is 0 Å². The van der Waals surface area contributed by atoms with Crippen LogP contribution in [-0.4, -0.2) is 29.3 Å². The van der Waals surface area contributed by atoms with Gasteiger partial charge in [-0.1, -0.05) is 45.0 Å². The Morgan fingerprint density at radius 2 is 1.54 bits per heavy atom. The van der Waals surface area contributed by atoms with Crippen molar-refractivity contribution < 1.29 is 19.1 Å². The molecule has 0 heterocycles. The Balaban J connectivity index is 2.83.